The second kappa shape index (κ2) is 8.08. The van der Waals surface area contributed by atoms with Gasteiger partial charge in [-0.3, -0.25) is 9.59 Å². The molecule has 18 heavy (non-hydrogen) atoms. The molecule has 1 aliphatic heterocycles. The van der Waals surface area contributed by atoms with Gasteiger partial charge in [0.05, 0.1) is 0 Å². The topological polar surface area (TPSA) is 75.4 Å². The zero-order chi connectivity index (χ0) is 13.4. The van der Waals surface area contributed by atoms with Crippen molar-refractivity contribution in [2.75, 3.05) is 19.6 Å². The number of nitrogens with zero attached hydrogens (tertiary/aromatic N) is 1. The van der Waals surface area contributed by atoms with E-state index in [2.05, 4.69) is 5.32 Å². The van der Waals surface area contributed by atoms with E-state index in [-0.39, 0.29) is 11.8 Å². The van der Waals surface area contributed by atoms with E-state index in [9.17, 15) is 9.59 Å². The Morgan fingerprint density at radius 1 is 1.22 bits per heavy atom. The number of hydrogen-bond donors (Lipinski definition) is 2. The van der Waals surface area contributed by atoms with Gasteiger partial charge < -0.3 is 16.0 Å². The summed E-state index contributed by atoms with van der Waals surface area (Å²) >= 11 is 0. The van der Waals surface area contributed by atoms with Crippen molar-refractivity contribution in [1.29, 1.82) is 0 Å². The Kier molecular flexibility index (Phi) is 6.72. The van der Waals surface area contributed by atoms with E-state index in [1.54, 1.807) is 6.92 Å². The van der Waals surface area contributed by atoms with Crippen LogP contribution in [0.25, 0.3) is 0 Å². The fourth-order valence-electron chi connectivity index (χ4n) is 2.19. The van der Waals surface area contributed by atoms with Crippen LogP contribution >= 0.6 is 0 Å². The SMILES string of the molecule is CC(NC(=O)CCCCCN)C(=O)N1CCCC1. The van der Waals surface area contributed by atoms with Crippen LogP contribution in [-0.2, 0) is 9.59 Å². The first kappa shape index (κ1) is 15.0. The predicted molar refractivity (Wildman–Crippen MR) is 70.9 cm³/mol. The third-order valence-corrected chi connectivity index (χ3v) is 3.27. The van der Waals surface area contributed by atoms with E-state index >= 15 is 0 Å². The van der Waals surface area contributed by atoms with E-state index in [1.165, 1.54) is 0 Å². The molecule has 0 aromatic carbocycles. The highest BCUT2D eigenvalue weighted by Gasteiger charge is 2.23. The minimum atomic E-state index is -0.398. The second-order valence-electron chi connectivity index (χ2n) is 4.92. The van der Waals surface area contributed by atoms with E-state index in [4.69, 9.17) is 5.73 Å². The molecule has 0 aromatic rings. The minimum absolute atomic E-state index is 0.0351. The van der Waals surface area contributed by atoms with Crippen molar-refractivity contribution in [3.63, 3.8) is 0 Å². The number of likely N-dealkylation sites (tertiary alicyclic amines) is 1. The summed E-state index contributed by atoms with van der Waals surface area (Å²) in [6.45, 7) is 4.09. The van der Waals surface area contributed by atoms with Gasteiger partial charge in [0.2, 0.25) is 11.8 Å². The van der Waals surface area contributed by atoms with Gasteiger partial charge in [-0.05, 0) is 39.2 Å². The number of carbonyl (C=O) groups excluding carboxylic acids is 2. The Balaban J connectivity index is 2.19. The molecule has 0 aliphatic carbocycles. The monoisotopic (exact) mass is 255 g/mol. The first-order valence-corrected chi connectivity index (χ1v) is 6.93. The van der Waals surface area contributed by atoms with Crippen LogP contribution in [0.5, 0.6) is 0 Å². The van der Waals surface area contributed by atoms with Crippen molar-refractivity contribution in [2.45, 2.75) is 51.5 Å². The highest BCUT2D eigenvalue weighted by molar-refractivity contribution is 5.87. The van der Waals surface area contributed by atoms with Crippen molar-refractivity contribution < 1.29 is 9.59 Å². The molecular weight excluding hydrogens is 230 g/mol. The van der Waals surface area contributed by atoms with Crippen molar-refractivity contribution >= 4 is 11.8 Å². The lowest BCUT2D eigenvalue weighted by atomic mass is 10.2. The fraction of sp³-hybridized carbons (Fsp3) is 0.846. The van der Waals surface area contributed by atoms with Crippen LogP contribution in [0.3, 0.4) is 0 Å². The van der Waals surface area contributed by atoms with Crippen LogP contribution in [0.4, 0.5) is 0 Å². The number of amides is 2. The Labute approximate surface area is 109 Å². The highest BCUT2D eigenvalue weighted by atomic mass is 16.2. The molecule has 1 unspecified atom stereocenters. The second-order valence-corrected chi connectivity index (χ2v) is 4.92. The fourth-order valence-corrected chi connectivity index (χ4v) is 2.19. The van der Waals surface area contributed by atoms with E-state index in [0.717, 1.165) is 45.2 Å². The lowest BCUT2D eigenvalue weighted by Crippen LogP contribution is -2.45. The molecule has 1 rings (SSSR count). The van der Waals surface area contributed by atoms with Gasteiger partial charge in [-0.1, -0.05) is 6.42 Å². The zero-order valence-corrected chi connectivity index (χ0v) is 11.3. The first-order valence-electron chi connectivity index (χ1n) is 6.93. The van der Waals surface area contributed by atoms with Crippen LogP contribution in [0.1, 0.15) is 45.4 Å². The molecule has 0 bridgehead atoms. The molecule has 5 nitrogen and oxygen atoms in total. The van der Waals surface area contributed by atoms with Crippen LogP contribution in [0.2, 0.25) is 0 Å². The average molecular weight is 255 g/mol. The summed E-state index contributed by atoms with van der Waals surface area (Å²) in [4.78, 5) is 25.4. The molecule has 1 saturated heterocycles. The molecule has 0 radical (unpaired) electrons. The Morgan fingerprint density at radius 3 is 2.50 bits per heavy atom. The highest BCUT2D eigenvalue weighted by Crippen LogP contribution is 2.09. The van der Waals surface area contributed by atoms with E-state index in [0.29, 0.717) is 13.0 Å². The molecule has 0 spiro atoms. The molecule has 2 amide bonds. The third-order valence-electron chi connectivity index (χ3n) is 3.27. The smallest absolute Gasteiger partial charge is 0.244 e. The largest absolute Gasteiger partial charge is 0.345 e. The van der Waals surface area contributed by atoms with Gasteiger partial charge in [0.25, 0.3) is 0 Å². The summed E-state index contributed by atoms with van der Waals surface area (Å²) in [6, 6.07) is -0.398. The number of nitrogens with two attached hydrogens (primary N) is 1. The van der Waals surface area contributed by atoms with Gasteiger partial charge in [0.15, 0.2) is 0 Å². The lowest BCUT2D eigenvalue weighted by molar-refractivity contribution is -0.135. The quantitative estimate of drug-likeness (QED) is 0.655. The van der Waals surface area contributed by atoms with Crippen molar-refractivity contribution in [3.8, 4) is 0 Å². The third kappa shape index (κ3) is 5.04. The molecule has 1 aliphatic rings. The number of carbonyl (C=O) groups is 2. The molecule has 3 N–H and O–H groups in total. The summed E-state index contributed by atoms with van der Waals surface area (Å²) in [5.41, 5.74) is 5.38. The van der Waals surface area contributed by atoms with Crippen LogP contribution < -0.4 is 11.1 Å². The summed E-state index contributed by atoms with van der Waals surface area (Å²) < 4.78 is 0. The van der Waals surface area contributed by atoms with Crippen LogP contribution in [0.15, 0.2) is 0 Å². The molecule has 1 heterocycles. The van der Waals surface area contributed by atoms with Crippen molar-refractivity contribution in [1.82, 2.24) is 10.2 Å². The summed E-state index contributed by atoms with van der Waals surface area (Å²) in [6.07, 6.45) is 5.40. The van der Waals surface area contributed by atoms with E-state index < -0.39 is 6.04 Å². The molecule has 5 heteroatoms. The maximum Gasteiger partial charge on any atom is 0.244 e. The van der Waals surface area contributed by atoms with Gasteiger partial charge in [0, 0.05) is 19.5 Å². The zero-order valence-electron chi connectivity index (χ0n) is 11.3. The molecule has 0 aromatic heterocycles. The number of rotatable bonds is 7. The summed E-state index contributed by atoms with van der Waals surface area (Å²) in [5.74, 6) is 0.00914. The first-order chi connectivity index (χ1) is 8.65. The lowest BCUT2D eigenvalue weighted by Gasteiger charge is -2.21. The molecular formula is C13H25N3O2. The van der Waals surface area contributed by atoms with Gasteiger partial charge in [-0.2, -0.15) is 0 Å². The number of unbranched alkanes of at least 4 members (excludes halogenated alkanes) is 2. The molecule has 104 valence electrons. The van der Waals surface area contributed by atoms with Gasteiger partial charge in [-0.15, -0.1) is 0 Å². The Bertz CT molecular complexity index is 275. The van der Waals surface area contributed by atoms with E-state index in [1.807, 2.05) is 4.90 Å². The van der Waals surface area contributed by atoms with Crippen LogP contribution in [-0.4, -0.2) is 42.4 Å². The predicted octanol–water partition coefficient (Wildman–Crippen LogP) is 0.633. The van der Waals surface area contributed by atoms with Crippen molar-refractivity contribution in [2.24, 2.45) is 5.73 Å². The number of hydrogen-bond acceptors (Lipinski definition) is 3. The maximum atomic E-state index is 12.0. The van der Waals surface area contributed by atoms with Crippen molar-refractivity contribution in [3.05, 3.63) is 0 Å². The standard InChI is InChI=1S/C13H25N3O2/c1-11(13(18)16-9-5-6-10-16)15-12(17)7-3-2-4-8-14/h11H,2-10,14H2,1H3,(H,15,17). The van der Waals surface area contributed by atoms with Gasteiger partial charge >= 0.3 is 0 Å². The summed E-state index contributed by atoms with van der Waals surface area (Å²) in [7, 11) is 0. The Morgan fingerprint density at radius 2 is 1.89 bits per heavy atom. The van der Waals surface area contributed by atoms with Gasteiger partial charge in [0.1, 0.15) is 6.04 Å². The molecule has 0 saturated carbocycles. The Hall–Kier alpha value is -1.10. The minimum Gasteiger partial charge on any atom is -0.345 e. The maximum absolute atomic E-state index is 12.0. The molecule has 1 fully saturated rings. The average Bonchev–Trinajstić information content (AvgIpc) is 2.87. The van der Waals surface area contributed by atoms with Gasteiger partial charge in [-0.25, -0.2) is 0 Å². The molecule has 1 atom stereocenters. The summed E-state index contributed by atoms with van der Waals surface area (Å²) in [5, 5.41) is 2.77. The van der Waals surface area contributed by atoms with Crippen LogP contribution in [0, 0.1) is 0 Å². The normalized spacial score (nSPS) is 16.7. The number of nitrogens with one attached hydrogen (secondary N) is 1.